The lowest BCUT2D eigenvalue weighted by Gasteiger charge is -2.31. The molecule has 2 rings (SSSR count). The summed E-state index contributed by atoms with van der Waals surface area (Å²) in [6.45, 7) is 4.07. The lowest BCUT2D eigenvalue weighted by Crippen LogP contribution is -2.41. The summed E-state index contributed by atoms with van der Waals surface area (Å²) in [5.41, 5.74) is 0. The highest BCUT2D eigenvalue weighted by Crippen LogP contribution is 2.24. The van der Waals surface area contributed by atoms with Gasteiger partial charge in [-0.15, -0.1) is 0 Å². The van der Waals surface area contributed by atoms with Crippen molar-refractivity contribution in [2.45, 2.75) is 25.7 Å². The molecule has 6 nitrogen and oxygen atoms in total. The normalized spacial score (nSPS) is 20.9. The molecule has 1 amide bonds. The van der Waals surface area contributed by atoms with E-state index in [2.05, 4.69) is 15.0 Å². The molecule has 1 aliphatic heterocycles. The van der Waals surface area contributed by atoms with Crippen LogP contribution in [0.2, 0.25) is 0 Å². The second-order valence-electron chi connectivity index (χ2n) is 5.03. The Kier molecular flexibility index (Phi) is 3.96. The maximum absolute atomic E-state index is 11.7. The van der Waals surface area contributed by atoms with E-state index in [9.17, 15) is 4.79 Å². The molecule has 0 aliphatic carbocycles. The van der Waals surface area contributed by atoms with Crippen LogP contribution in [0.5, 0.6) is 0 Å². The van der Waals surface area contributed by atoms with Crippen LogP contribution in [0.3, 0.4) is 0 Å². The average molecular weight is 252 g/mol. The molecule has 1 aliphatic rings. The molecule has 1 aromatic rings. The fourth-order valence-corrected chi connectivity index (χ4v) is 2.22. The van der Waals surface area contributed by atoms with Crippen LogP contribution in [0.1, 0.15) is 30.5 Å². The summed E-state index contributed by atoms with van der Waals surface area (Å²) in [6.07, 6.45) is 2.13. The Morgan fingerprint density at radius 3 is 2.94 bits per heavy atom. The van der Waals surface area contributed by atoms with Crippen molar-refractivity contribution in [3.05, 3.63) is 11.7 Å². The minimum absolute atomic E-state index is 0.139. The Balaban J connectivity index is 1.94. The number of hydrogen-bond acceptors (Lipinski definition) is 5. The first-order valence-electron chi connectivity index (χ1n) is 6.29. The molecular weight excluding hydrogens is 232 g/mol. The Morgan fingerprint density at radius 1 is 1.56 bits per heavy atom. The van der Waals surface area contributed by atoms with Crippen LogP contribution in [0.25, 0.3) is 0 Å². The number of carbonyl (C=O) groups is 1. The third-order valence-electron chi connectivity index (χ3n) is 3.27. The van der Waals surface area contributed by atoms with Crippen molar-refractivity contribution in [2.75, 3.05) is 33.7 Å². The van der Waals surface area contributed by atoms with Crippen molar-refractivity contribution >= 4 is 5.91 Å². The Bertz CT molecular complexity index is 416. The van der Waals surface area contributed by atoms with Crippen molar-refractivity contribution < 1.29 is 9.32 Å². The zero-order valence-corrected chi connectivity index (χ0v) is 11.2. The monoisotopic (exact) mass is 252 g/mol. The lowest BCUT2D eigenvalue weighted by atomic mass is 9.97. The van der Waals surface area contributed by atoms with Crippen LogP contribution in [0.15, 0.2) is 4.52 Å². The van der Waals surface area contributed by atoms with Crippen LogP contribution in [0, 0.1) is 6.92 Å². The van der Waals surface area contributed by atoms with E-state index in [-0.39, 0.29) is 11.8 Å². The van der Waals surface area contributed by atoms with Crippen LogP contribution in [-0.2, 0) is 4.79 Å². The SMILES string of the molecule is Cc1nc([C@@H]2CCCN(CC(=O)N(C)C)C2)no1. The molecule has 0 N–H and O–H groups in total. The number of carbonyl (C=O) groups excluding carboxylic acids is 1. The van der Waals surface area contributed by atoms with E-state index in [1.54, 1.807) is 25.9 Å². The first-order chi connectivity index (χ1) is 8.56. The molecule has 0 unspecified atom stereocenters. The number of aryl methyl sites for hydroxylation is 1. The molecule has 18 heavy (non-hydrogen) atoms. The molecule has 1 fully saturated rings. The Labute approximate surface area is 107 Å². The zero-order valence-electron chi connectivity index (χ0n) is 11.2. The minimum atomic E-state index is 0.139. The molecule has 2 heterocycles. The number of aromatic nitrogens is 2. The van der Waals surface area contributed by atoms with Crippen molar-refractivity contribution in [3.63, 3.8) is 0 Å². The number of likely N-dealkylation sites (N-methyl/N-ethyl adjacent to an activating group) is 1. The number of nitrogens with zero attached hydrogens (tertiary/aromatic N) is 4. The van der Waals surface area contributed by atoms with Gasteiger partial charge >= 0.3 is 0 Å². The highest BCUT2D eigenvalue weighted by Gasteiger charge is 2.26. The van der Waals surface area contributed by atoms with Gasteiger partial charge in [0.05, 0.1) is 6.54 Å². The van der Waals surface area contributed by atoms with E-state index < -0.39 is 0 Å². The van der Waals surface area contributed by atoms with Gasteiger partial charge < -0.3 is 9.42 Å². The summed E-state index contributed by atoms with van der Waals surface area (Å²) >= 11 is 0. The zero-order chi connectivity index (χ0) is 13.1. The summed E-state index contributed by atoms with van der Waals surface area (Å²) in [5, 5.41) is 3.98. The largest absolute Gasteiger partial charge is 0.348 e. The predicted octanol–water partition coefficient (Wildman–Crippen LogP) is 0.646. The van der Waals surface area contributed by atoms with Gasteiger partial charge in [0, 0.05) is 33.5 Å². The van der Waals surface area contributed by atoms with Crippen molar-refractivity contribution in [2.24, 2.45) is 0 Å². The first-order valence-corrected chi connectivity index (χ1v) is 6.29. The molecule has 6 heteroatoms. The highest BCUT2D eigenvalue weighted by molar-refractivity contribution is 5.77. The van der Waals surface area contributed by atoms with Gasteiger partial charge in [0.1, 0.15) is 0 Å². The van der Waals surface area contributed by atoms with Gasteiger partial charge in [-0.05, 0) is 19.4 Å². The van der Waals surface area contributed by atoms with Crippen LogP contribution < -0.4 is 0 Å². The van der Waals surface area contributed by atoms with Crippen LogP contribution >= 0.6 is 0 Å². The van der Waals surface area contributed by atoms with Crippen molar-refractivity contribution in [1.29, 1.82) is 0 Å². The molecule has 0 spiro atoms. The van der Waals surface area contributed by atoms with Gasteiger partial charge in [-0.25, -0.2) is 0 Å². The molecule has 0 aromatic carbocycles. The maximum Gasteiger partial charge on any atom is 0.236 e. The topological polar surface area (TPSA) is 62.5 Å². The van der Waals surface area contributed by atoms with Gasteiger partial charge in [0.2, 0.25) is 11.8 Å². The number of hydrogen-bond donors (Lipinski definition) is 0. The average Bonchev–Trinajstić information content (AvgIpc) is 2.76. The number of amides is 1. The summed E-state index contributed by atoms with van der Waals surface area (Å²) in [7, 11) is 3.57. The number of likely N-dealkylation sites (tertiary alicyclic amines) is 1. The molecular formula is C12H20N4O2. The lowest BCUT2D eigenvalue weighted by molar-refractivity contribution is -0.130. The van der Waals surface area contributed by atoms with E-state index in [4.69, 9.17) is 4.52 Å². The van der Waals surface area contributed by atoms with E-state index >= 15 is 0 Å². The van der Waals surface area contributed by atoms with Crippen LogP contribution in [-0.4, -0.2) is 59.6 Å². The number of piperidine rings is 1. The molecule has 0 bridgehead atoms. The molecule has 0 radical (unpaired) electrons. The van der Waals surface area contributed by atoms with Gasteiger partial charge in [-0.2, -0.15) is 4.98 Å². The van der Waals surface area contributed by atoms with Crippen molar-refractivity contribution in [1.82, 2.24) is 19.9 Å². The molecule has 1 saturated heterocycles. The van der Waals surface area contributed by atoms with Gasteiger partial charge in [0.25, 0.3) is 0 Å². The van der Waals surface area contributed by atoms with Gasteiger partial charge in [-0.1, -0.05) is 5.16 Å². The maximum atomic E-state index is 11.7. The third-order valence-corrected chi connectivity index (χ3v) is 3.27. The summed E-state index contributed by atoms with van der Waals surface area (Å²) < 4.78 is 5.02. The fraction of sp³-hybridized carbons (Fsp3) is 0.750. The Hall–Kier alpha value is -1.43. The summed E-state index contributed by atoms with van der Waals surface area (Å²) in [4.78, 5) is 19.8. The van der Waals surface area contributed by atoms with Gasteiger partial charge in [-0.3, -0.25) is 9.69 Å². The van der Waals surface area contributed by atoms with E-state index in [1.165, 1.54) is 0 Å². The minimum Gasteiger partial charge on any atom is -0.348 e. The molecule has 100 valence electrons. The smallest absolute Gasteiger partial charge is 0.236 e. The van der Waals surface area contributed by atoms with E-state index in [0.29, 0.717) is 12.4 Å². The Morgan fingerprint density at radius 2 is 2.33 bits per heavy atom. The summed E-state index contributed by atoms with van der Waals surface area (Å²) in [6, 6.07) is 0. The van der Waals surface area contributed by atoms with Crippen LogP contribution in [0.4, 0.5) is 0 Å². The van der Waals surface area contributed by atoms with Gasteiger partial charge in [0.15, 0.2) is 5.82 Å². The molecule has 0 saturated carbocycles. The van der Waals surface area contributed by atoms with E-state index in [1.807, 2.05) is 0 Å². The van der Waals surface area contributed by atoms with Crippen molar-refractivity contribution in [3.8, 4) is 0 Å². The fourth-order valence-electron chi connectivity index (χ4n) is 2.22. The quantitative estimate of drug-likeness (QED) is 0.790. The standard InChI is InChI=1S/C12H20N4O2/c1-9-13-12(14-18-9)10-5-4-6-16(7-10)8-11(17)15(2)3/h10H,4-8H2,1-3H3/t10-/m1/s1. The summed E-state index contributed by atoms with van der Waals surface area (Å²) in [5.74, 6) is 1.80. The number of rotatable bonds is 3. The third kappa shape index (κ3) is 3.07. The molecule has 1 atom stereocenters. The van der Waals surface area contributed by atoms with E-state index in [0.717, 1.165) is 31.8 Å². The predicted molar refractivity (Wildman–Crippen MR) is 66.1 cm³/mol. The highest BCUT2D eigenvalue weighted by atomic mass is 16.5. The second kappa shape index (κ2) is 5.48. The second-order valence-corrected chi connectivity index (χ2v) is 5.03. The molecule has 1 aromatic heterocycles. The first kappa shape index (κ1) is 13.0.